The van der Waals surface area contributed by atoms with Crippen LogP contribution in [-0.2, 0) is 14.8 Å². The van der Waals surface area contributed by atoms with Crippen LogP contribution in [0.4, 0.5) is 0 Å². The largest absolute Gasteiger partial charge is 0.274 e. The van der Waals surface area contributed by atoms with E-state index in [9.17, 15) is 13.2 Å². The number of sulfonamides is 1. The van der Waals surface area contributed by atoms with Gasteiger partial charge in [-0.2, -0.15) is 5.26 Å². The molecule has 0 aliphatic heterocycles. The lowest BCUT2D eigenvalue weighted by atomic mass is 10.2. The van der Waals surface area contributed by atoms with E-state index in [4.69, 9.17) is 5.26 Å². The minimum atomic E-state index is -3.43. The summed E-state index contributed by atoms with van der Waals surface area (Å²) in [5.41, 5.74) is 0. The zero-order chi connectivity index (χ0) is 10.3. The van der Waals surface area contributed by atoms with Crippen LogP contribution in [0.1, 0.15) is 25.7 Å². The molecule has 0 saturated heterocycles. The van der Waals surface area contributed by atoms with Gasteiger partial charge in [0.15, 0.2) is 0 Å². The number of amides is 1. The minimum Gasteiger partial charge on any atom is -0.274 e. The van der Waals surface area contributed by atoms with Crippen molar-refractivity contribution in [1.82, 2.24) is 4.72 Å². The van der Waals surface area contributed by atoms with Crippen LogP contribution in [-0.4, -0.2) is 20.6 Å². The fourth-order valence-electron chi connectivity index (χ4n) is 0.747. The van der Waals surface area contributed by atoms with E-state index >= 15 is 0 Å². The van der Waals surface area contributed by atoms with Gasteiger partial charge in [-0.1, -0.05) is 0 Å². The third kappa shape index (κ3) is 8.82. The number of carbonyl (C=O) groups is 1. The summed E-state index contributed by atoms with van der Waals surface area (Å²) in [4.78, 5) is 10.8. The number of hydrogen-bond donors (Lipinski definition) is 1. The average Bonchev–Trinajstić information content (AvgIpc) is 1.94. The van der Waals surface area contributed by atoms with Gasteiger partial charge in [-0.25, -0.2) is 8.42 Å². The maximum atomic E-state index is 10.8. The maximum absolute atomic E-state index is 10.8. The topological polar surface area (TPSA) is 87.0 Å². The van der Waals surface area contributed by atoms with E-state index < -0.39 is 15.9 Å². The van der Waals surface area contributed by atoms with Gasteiger partial charge >= 0.3 is 0 Å². The third-order valence-electron chi connectivity index (χ3n) is 1.24. The second-order valence-electron chi connectivity index (χ2n) is 2.66. The Bertz CT molecular complexity index is 302. The Morgan fingerprint density at radius 3 is 2.54 bits per heavy atom. The molecule has 0 aromatic rings. The second-order valence-corrected chi connectivity index (χ2v) is 4.41. The molecular weight excluding hydrogens is 192 g/mol. The summed E-state index contributed by atoms with van der Waals surface area (Å²) >= 11 is 0. The van der Waals surface area contributed by atoms with E-state index in [0.717, 1.165) is 6.26 Å². The molecule has 0 unspecified atom stereocenters. The lowest BCUT2D eigenvalue weighted by molar-refractivity contribution is -0.119. The molecule has 0 fully saturated rings. The fourth-order valence-corrected chi connectivity index (χ4v) is 1.26. The van der Waals surface area contributed by atoms with E-state index in [1.807, 2.05) is 10.8 Å². The van der Waals surface area contributed by atoms with Gasteiger partial charge in [-0.3, -0.25) is 9.52 Å². The molecule has 0 spiro atoms. The Hall–Kier alpha value is -1.09. The molecule has 0 bridgehead atoms. The number of hydrogen-bond acceptors (Lipinski definition) is 4. The van der Waals surface area contributed by atoms with Gasteiger partial charge in [0.2, 0.25) is 15.9 Å². The summed E-state index contributed by atoms with van der Waals surface area (Å²) in [6.07, 6.45) is 2.63. The zero-order valence-electron chi connectivity index (χ0n) is 7.41. The monoisotopic (exact) mass is 204 g/mol. The maximum Gasteiger partial charge on any atom is 0.233 e. The molecule has 0 atom stereocenters. The molecule has 0 aliphatic carbocycles. The molecule has 13 heavy (non-hydrogen) atoms. The number of nitriles is 1. The van der Waals surface area contributed by atoms with Gasteiger partial charge in [0.25, 0.3) is 0 Å². The first-order valence-corrected chi connectivity index (χ1v) is 5.72. The molecule has 1 amide bonds. The number of carbonyl (C=O) groups excluding carboxylic acids is 1. The predicted octanol–water partition coefficient (Wildman–Crippen LogP) is 0.146. The number of nitrogens with one attached hydrogen (secondary N) is 1. The van der Waals surface area contributed by atoms with E-state index in [0.29, 0.717) is 19.3 Å². The highest BCUT2D eigenvalue weighted by molar-refractivity contribution is 7.89. The predicted molar refractivity (Wildman–Crippen MR) is 47.1 cm³/mol. The first-order chi connectivity index (χ1) is 5.95. The summed E-state index contributed by atoms with van der Waals surface area (Å²) in [5, 5.41) is 8.17. The molecule has 0 aromatic carbocycles. The lowest BCUT2D eigenvalue weighted by Gasteiger charge is -2.00. The van der Waals surface area contributed by atoms with Gasteiger partial charge in [0.1, 0.15) is 0 Å². The summed E-state index contributed by atoms with van der Waals surface area (Å²) < 4.78 is 22.9. The molecular formula is C7H12N2O3S. The minimum absolute atomic E-state index is 0.148. The number of nitrogens with zero attached hydrogens (tertiary/aromatic N) is 1. The normalized spacial score (nSPS) is 10.5. The molecule has 0 rings (SSSR count). The highest BCUT2D eigenvalue weighted by Crippen LogP contribution is 1.98. The lowest BCUT2D eigenvalue weighted by Crippen LogP contribution is -2.28. The summed E-state index contributed by atoms with van der Waals surface area (Å²) in [5.74, 6) is -0.513. The van der Waals surface area contributed by atoms with Crippen molar-refractivity contribution in [2.24, 2.45) is 0 Å². The second kappa shape index (κ2) is 5.54. The first kappa shape index (κ1) is 11.9. The van der Waals surface area contributed by atoms with Gasteiger partial charge in [-0.05, 0) is 12.8 Å². The van der Waals surface area contributed by atoms with Crippen LogP contribution < -0.4 is 4.72 Å². The van der Waals surface area contributed by atoms with Crippen LogP contribution in [0.2, 0.25) is 0 Å². The third-order valence-corrected chi connectivity index (χ3v) is 1.84. The summed E-state index contributed by atoms with van der Waals surface area (Å²) in [6.45, 7) is 0. The Labute approximate surface area is 77.8 Å². The van der Waals surface area contributed by atoms with Crippen molar-refractivity contribution < 1.29 is 13.2 Å². The molecule has 0 aromatic heterocycles. The van der Waals surface area contributed by atoms with Crippen LogP contribution in [0.15, 0.2) is 0 Å². The molecule has 0 radical (unpaired) electrons. The SMILES string of the molecule is CS(=O)(=O)NC(=O)CCCCC#N. The summed E-state index contributed by atoms with van der Waals surface area (Å²) in [7, 11) is -3.43. The molecule has 0 saturated carbocycles. The Balaban J connectivity index is 3.60. The Kier molecular flexibility index (Phi) is 5.07. The first-order valence-electron chi connectivity index (χ1n) is 3.83. The van der Waals surface area contributed by atoms with E-state index in [1.54, 1.807) is 0 Å². The fraction of sp³-hybridized carbons (Fsp3) is 0.714. The van der Waals surface area contributed by atoms with Crippen molar-refractivity contribution in [3.63, 3.8) is 0 Å². The molecule has 1 N–H and O–H groups in total. The number of unbranched alkanes of at least 4 members (excludes halogenated alkanes) is 2. The zero-order valence-corrected chi connectivity index (χ0v) is 8.23. The molecule has 5 nitrogen and oxygen atoms in total. The van der Waals surface area contributed by atoms with Crippen LogP contribution in [0.3, 0.4) is 0 Å². The van der Waals surface area contributed by atoms with Crippen molar-refractivity contribution >= 4 is 15.9 Å². The molecule has 0 aliphatic rings. The van der Waals surface area contributed by atoms with E-state index in [2.05, 4.69) is 0 Å². The Morgan fingerprint density at radius 2 is 2.08 bits per heavy atom. The van der Waals surface area contributed by atoms with Crippen molar-refractivity contribution in [3.8, 4) is 6.07 Å². The number of rotatable bonds is 5. The van der Waals surface area contributed by atoms with Gasteiger partial charge in [0, 0.05) is 12.8 Å². The van der Waals surface area contributed by atoms with Crippen molar-refractivity contribution in [3.05, 3.63) is 0 Å². The van der Waals surface area contributed by atoms with Crippen molar-refractivity contribution in [2.75, 3.05) is 6.26 Å². The molecule has 74 valence electrons. The highest BCUT2D eigenvalue weighted by atomic mass is 32.2. The van der Waals surface area contributed by atoms with Crippen LogP contribution in [0, 0.1) is 11.3 Å². The van der Waals surface area contributed by atoms with Gasteiger partial charge in [0.05, 0.1) is 12.3 Å². The van der Waals surface area contributed by atoms with Gasteiger partial charge < -0.3 is 0 Å². The molecule has 6 heteroatoms. The summed E-state index contributed by atoms with van der Waals surface area (Å²) in [6, 6.07) is 1.94. The van der Waals surface area contributed by atoms with Crippen LogP contribution >= 0.6 is 0 Å². The van der Waals surface area contributed by atoms with Crippen LogP contribution in [0.5, 0.6) is 0 Å². The average molecular weight is 204 g/mol. The Morgan fingerprint density at radius 1 is 1.46 bits per heavy atom. The van der Waals surface area contributed by atoms with E-state index in [-0.39, 0.29) is 6.42 Å². The smallest absolute Gasteiger partial charge is 0.233 e. The van der Waals surface area contributed by atoms with Crippen LogP contribution in [0.25, 0.3) is 0 Å². The quantitative estimate of drug-likeness (QED) is 0.645. The standard InChI is InChI=1S/C7H12N2O3S/c1-13(11,12)9-7(10)5-3-2-4-6-8/h2-5H2,1H3,(H,9,10). The van der Waals surface area contributed by atoms with E-state index in [1.165, 1.54) is 0 Å². The van der Waals surface area contributed by atoms with Crippen molar-refractivity contribution in [2.45, 2.75) is 25.7 Å². The van der Waals surface area contributed by atoms with Gasteiger partial charge in [-0.15, -0.1) is 0 Å². The highest BCUT2D eigenvalue weighted by Gasteiger charge is 2.06. The molecule has 0 heterocycles. The van der Waals surface area contributed by atoms with Crippen molar-refractivity contribution in [1.29, 1.82) is 5.26 Å².